The van der Waals surface area contributed by atoms with E-state index in [1.165, 1.54) is 12.1 Å². The fourth-order valence-electron chi connectivity index (χ4n) is 2.71. The Hall–Kier alpha value is -2.99. The van der Waals surface area contributed by atoms with E-state index in [2.05, 4.69) is 21.2 Å². The van der Waals surface area contributed by atoms with Crippen LogP contribution in [0.25, 0.3) is 0 Å². The van der Waals surface area contributed by atoms with E-state index in [9.17, 15) is 14.9 Å². The highest BCUT2D eigenvalue weighted by Gasteiger charge is 2.23. The van der Waals surface area contributed by atoms with Crippen LogP contribution in [0, 0.1) is 10.1 Å². The summed E-state index contributed by atoms with van der Waals surface area (Å²) >= 11 is 3.33. The van der Waals surface area contributed by atoms with Gasteiger partial charge < -0.3 is 5.32 Å². The number of amides is 1. The van der Waals surface area contributed by atoms with Crippen molar-refractivity contribution < 1.29 is 9.72 Å². The van der Waals surface area contributed by atoms with Gasteiger partial charge in [0, 0.05) is 16.6 Å². The molecule has 0 radical (unpaired) electrons. The van der Waals surface area contributed by atoms with Crippen molar-refractivity contribution in [2.24, 2.45) is 0 Å². The summed E-state index contributed by atoms with van der Waals surface area (Å²) in [5.41, 5.74) is 1.97. The van der Waals surface area contributed by atoms with Crippen molar-refractivity contribution in [3.8, 4) is 0 Å². The number of halogens is 1. The zero-order valence-electron chi connectivity index (χ0n) is 13.6. The summed E-state index contributed by atoms with van der Waals surface area (Å²) in [5.74, 6) is -0.785. The molecule has 0 atom stereocenters. The molecular formula is C20H15BrN2O3. The van der Waals surface area contributed by atoms with Crippen LogP contribution in [0.3, 0.4) is 0 Å². The van der Waals surface area contributed by atoms with Gasteiger partial charge in [-0.25, -0.2) is 0 Å². The number of carbonyl (C=O) groups is 1. The van der Waals surface area contributed by atoms with E-state index in [4.69, 9.17) is 0 Å². The summed E-state index contributed by atoms with van der Waals surface area (Å²) in [6.45, 7) is 0. The molecule has 0 fully saturated rings. The number of rotatable bonds is 5. The van der Waals surface area contributed by atoms with Crippen LogP contribution < -0.4 is 5.32 Å². The highest BCUT2D eigenvalue weighted by Crippen LogP contribution is 2.30. The largest absolute Gasteiger partial charge is 0.324 e. The summed E-state index contributed by atoms with van der Waals surface area (Å²) in [5, 5.41) is 13.8. The molecule has 3 aromatic rings. The monoisotopic (exact) mass is 410 g/mol. The molecule has 0 heterocycles. The summed E-state index contributed by atoms with van der Waals surface area (Å²) in [6, 6.07) is 23.1. The topological polar surface area (TPSA) is 72.2 Å². The number of nitrogens with zero attached hydrogens (tertiary/aromatic N) is 1. The van der Waals surface area contributed by atoms with Crippen molar-refractivity contribution in [3.63, 3.8) is 0 Å². The van der Waals surface area contributed by atoms with Gasteiger partial charge in [-0.2, -0.15) is 0 Å². The van der Waals surface area contributed by atoms with Crippen molar-refractivity contribution in [1.29, 1.82) is 0 Å². The van der Waals surface area contributed by atoms with E-state index in [0.29, 0.717) is 10.2 Å². The second kappa shape index (κ2) is 7.93. The second-order valence-corrected chi connectivity index (χ2v) is 6.52. The van der Waals surface area contributed by atoms with Gasteiger partial charge in [-0.15, -0.1) is 0 Å². The van der Waals surface area contributed by atoms with Gasteiger partial charge in [0.05, 0.1) is 16.5 Å². The average Bonchev–Trinajstić information content (AvgIpc) is 2.65. The quantitative estimate of drug-likeness (QED) is 0.468. The molecule has 130 valence electrons. The zero-order valence-corrected chi connectivity index (χ0v) is 15.2. The van der Waals surface area contributed by atoms with E-state index < -0.39 is 10.8 Å². The van der Waals surface area contributed by atoms with Crippen LogP contribution in [-0.2, 0) is 4.79 Å². The third-order valence-corrected chi connectivity index (χ3v) is 4.64. The minimum atomic E-state index is -0.524. The first-order valence-electron chi connectivity index (χ1n) is 7.91. The number of carbonyl (C=O) groups excluding carboxylic acids is 1. The third kappa shape index (κ3) is 3.97. The van der Waals surface area contributed by atoms with E-state index in [1.807, 2.05) is 60.7 Å². The molecule has 3 rings (SSSR count). The molecule has 0 aliphatic heterocycles. The SMILES string of the molecule is O=C(Nc1cc([N+](=O)[O-])ccc1Br)C(c1ccccc1)c1ccccc1. The van der Waals surface area contributed by atoms with Crippen molar-refractivity contribution in [1.82, 2.24) is 0 Å². The van der Waals surface area contributed by atoms with E-state index in [-0.39, 0.29) is 11.6 Å². The summed E-state index contributed by atoms with van der Waals surface area (Å²) in [6.07, 6.45) is 0. The standard InChI is InChI=1S/C20H15BrN2O3/c21-17-12-11-16(23(25)26)13-18(17)22-20(24)19(14-7-3-1-4-8-14)15-9-5-2-6-10-15/h1-13,19H,(H,22,24). The number of benzene rings is 3. The van der Waals surface area contributed by atoms with Crippen LogP contribution in [0.4, 0.5) is 11.4 Å². The lowest BCUT2D eigenvalue weighted by atomic mass is 9.90. The molecule has 0 saturated carbocycles. The molecule has 0 bridgehead atoms. The van der Waals surface area contributed by atoms with Crippen molar-refractivity contribution in [3.05, 3.63) is 105 Å². The molecule has 1 amide bonds. The Morgan fingerprint density at radius 2 is 1.46 bits per heavy atom. The maximum Gasteiger partial charge on any atom is 0.271 e. The first-order valence-corrected chi connectivity index (χ1v) is 8.70. The summed E-state index contributed by atoms with van der Waals surface area (Å²) in [4.78, 5) is 23.6. The summed E-state index contributed by atoms with van der Waals surface area (Å²) in [7, 11) is 0. The molecule has 5 nitrogen and oxygen atoms in total. The molecule has 0 spiro atoms. The molecule has 0 saturated heterocycles. The number of anilines is 1. The maximum atomic E-state index is 13.0. The van der Waals surface area contributed by atoms with E-state index >= 15 is 0 Å². The Morgan fingerprint density at radius 1 is 0.923 bits per heavy atom. The molecular weight excluding hydrogens is 396 g/mol. The van der Waals surface area contributed by atoms with Crippen LogP contribution in [0.1, 0.15) is 17.0 Å². The molecule has 6 heteroatoms. The van der Waals surface area contributed by atoms with Gasteiger partial charge in [0.1, 0.15) is 0 Å². The Morgan fingerprint density at radius 3 is 1.96 bits per heavy atom. The number of non-ortho nitro benzene ring substituents is 1. The van der Waals surface area contributed by atoms with Gasteiger partial charge in [0.2, 0.25) is 5.91 Å². The van der Waals surface area contributed by atoms with Gasteiger partial charge in [-0.3, -0.25) is 14.9 Å². The number of nitrogens with one attached hydrogen (secondary N) is 1. The molecule has 26 heavy (non-hydrogen) atoms. The first-order chi connectivity index (χ1) is 12.6. The molecule has 0 aliphatic carbocycles. The molecule has 0 unspecified atom stereocenters. The molecule has 0 aromatic heterocycles. The van der Waals surface area contributed by atoms with Gasteiger partial charge in [-0.05, 0) is 33.1 Å². The van der Waals surface area contributed by atoms with Crippen molar-refractivity contribution in [2.75, 3.05) is 5.32 Å². The van der Waals surface area contributed by atoms with Gasteiger partial charge in [-0.1, -0.05) is 60.7 Å². The zero-order chi connectivity index (χ0) is 18.5. The smallest absolute Gasteiger partial charge is 0.271 e. The lowest BCUT2D eigenvalue weighted by molar-refractivity contribution is -0.384. The predicted octanol–water partition coefficient (Wildman–Crippen LogP) is 5.13. The lowest BCUT2D eigenvalue weighted by Gasteiger charge is -2.18. The number of nitro benzene ring substituents is 1. The molecule has 3 aromatic carbocycles. The Labute approximate surface area is 159 Å². The molecule has 0 aliphatic rings. The van der Waals surface area contributed by atoms with Gasteiger partial charge >= 0.3 is 0 Å². The predicted molar refractivity (Wildman–Crippen MR) is 104 cm³/mol. The fraction of sp³-hybridized carbons (Fsp3) is 0.0500. The van der Waals surface area contributed by atoms with Gasteiger partial charge in [0.15, 0.2) is 0 Å². The second-order valence-electron chi connectivity index (χ2n) is 5.66. The minimum absolute atomic E-state index is 0.0838. The highest BCUT2D eigenvalue weighted by atomic mass is 79.9. The highest BCUT2D eigenvalue weighted by molar-refractivity contribution is 9.10. The fourth-order valence-corrected chi connectivity index (χ4v) is 3.06. The first kappa shape index (κ1) is 17.8. The van der Waals surface area contributed by atoms with E-state index in [0.717, 1.165) is 11.1 Å². The van der Waals surface area contributed by atoms with E-state index in [1.54, 1.807) is 6.07 Å². The van der Waals surface area contributed by atoms with Crippen LogP contribution in [0.2, 0.25) is 0 Å². The van der Waals surface area contributed by atoms with Crippen molar-refractivity contribution in [2.45, 2.75) is 5.92 Å². The number of nitro groups is 1. The Kier molecular flexibility index (Phi) is 5.43. The van der Waals surface area contributed by atoms with Crippen molar-refractivity contribution >= 4 is 33.2 Å². The Balaban J connectivity index is 1.97. The van der Waals surface area contributed by atoms with Crippen LogP contribution in [0.15, 0.2) is 83.3 Å². The average molecular weight is 411 g/mol. The normalized spacial score (nSPS) is 10.5. The van der Waals surface area contributed by atoms with Crippen LogP contribution in [0.5, 0.6) is 0 Å². The minimum Gasteiger partial charge on any atom is -0.324 e. The van der Waals surface area contributed by atoms with Gasteiger partial charge in [0.25, 0.3) is 5.69 Å². The third-order valence-electron chi connectivity index (χ3n) is 3.95. The number of hydrogen-bond acceptors (Lipinski definition) is 3. The lowest BCUT2D eigenvalue weighted by Crippen LogP contribution is -2.22. The summed E-state index contributed by atoms with van der Waals surface area (Å²) < 4.78 is 0.580. The van der Waals surface area contributed by atoms with Crippen LogP contribution >= 0.6 is 15.9 Å². The number of hydrogen-bond donors (Lipinski definition) is 1. The molecule has 1 N–H and O–H groups in total. The van der Waals surface area contributed by atoms with Crippen LogP contribution in [-0.4, -0.2) is 10.8 Å². The maximum absolute atomic E-state index is 13.0. The Bertz CT molecular complexity index is 891.